The molecule has 0 bridgehead atoms. The minimum absolute atomic E-state index is 0.0363. The number of anilines is 2. The predicted molar refractivity (Wildman–Crippen MR) is 137 cm³/mol. The van der Waals surface area contributed by atoms with Gasteiger partial charge in [0.2, 0.25) is 5.91 Å². The monoisotopic (exact) mass is 501 g/mol. The molecule has 10 heteroatoms. The van der Waals surface area contributed by atoms with Crippen LogP contribution in [0.3, 0.4) is 0 Å². The number of rotatable bonds is 7. The van der Waals surface area contributed by atoms with Crippen LogP contribution in [0.1, 0.15) is 43.0 Å². The van der Waals surface area contributed by atoms with Crippen molar-refractivity contribution in [1.82, 2.24) is 5.32 Å². The van der Waals surface area contributed by atoms with Crippen molar-refractivity contribution in [3.63, 3.8) is 0 Å². The molecule has 0 saturated heterocycles. The van der Waals surface area contributed by atoms with E-state index in [9.17, 15) is 14.4 Å². The lowest BCUT2D eigenvalue weighted by Gasteiger charge is -2.10. The first-order valence-corrected chi connectivity index (χ1v) is 12.2. The zero-order valence-electron chi connectivity index (χ0n) is 18.3. The maximum atomic E-state index is 13.0. The molecule has 2 heterocycles. The quantitative estimate of drug-likeness (QED) is 0.314. The minimum atomic E-state index is -0.573. The zero-order chi connectivity index (χ0) is 24.0. The first-order chi connectivity index (χ1) is 15.8. The lowest BCUT2D eigenvalue weighted by Crippen LogP contribution is -2.35. The van der Waals surface area contributed by atoms with E-state index in [1.165, 1.54) is 11.3 Å². The molecule has 2 aromatic heterocycles. The van der Waals surface area contributed by atoms with E-state index in [1.807, 2.05) is 42.6 Å². The molecule has 0 aliphatic heterocycles. The number of amides is 2. The first kappa shape index (κ1) is 24.6. The Morgan fingerprint density at radius 2 is 1.82 bits per heavy atom. The van der Waals surface area contributed by atoms with Crippen LogP contribution in [0.5, 0.6) is 0 Å². The van der Waals surface area contributed by atoms with E-state index in [2.05, 4.69) is 16.0 Å². The number of carbonyl (C=O) groups is 3. The third-order valence-electron chi connectivity index (χ3n) is 4.62. The third-order valence-corrected chi connectivity index (χ3v) is 6.91. The number of esters is 1. The number of benzene rings is 1. The molecule has 2 amide bonds. The SMILES string of the molecule is CCOC(=O)c1c(NC(=S)NC(=O)Cc2cccs2)sc(C(=O)Nc2ccccc2C)c1C. The number of thiocarbonyl (C=S) groups is 1. The van der Waals surface area contributed by atoms with Gasteiger partial charge in [-0.25, -0.2) is 4.79 Å². The predicted octanol–water partition coefficient (Wildman–Crippen LogP) is 4.91. The number of aryl methyl sites for hydroxylation is 1. The Balaban J connectivity index is 1.81. The first-order valence-electron chi connectivity index (χ1n) is 10.1. The van der Waals surface area contributed by atoms with Crippen LogP contribution < -0.4 is 16.0 Å². The second kappa shape index (κ2) is 11.2. The van der Waals surface area contributed by atoms with Gasteiger partial charge in [-0.2, -0.15) is 0 Å². The number of hydrogen-bond acceptors (Lipinski definition) is 7. The summed E-state index contributed by atoms with van der Waals surface area (Å²) in [5, 5.41) is 10.6. The average Bonchev–Trinajstić information content (AvgIpc) is 3.37. The van der Waals surface area contributed by atoms with Gasteiger partial charge in [-0.1, -0.05) is 24.3 Å². The summed E-state index contributed by atoms with van der Waals surface area (Å²) in [4.78, 5) is 39.1. The standard InChI is InChI=1S/C23H23N3O4S3/c1-4-30-22(29)18-14(3)19(20(28)24-16-10-6-5-8-13(16)2)33-21(18)26-23(31)25-17(27)12-15-9-7-11-32-15/h5-11H,4,12H2,1-3H3,(H,24,28)(H2,25,26,27,31). The van der Waals surface area contributed by atoms with Gasteiger partial charge < -0.3 is 20.7 Å². The number of thiophene rings is 2. The van der Waals surface area contributed by atoms with Gasteiger partial charge in [-0.15, -0.1) is 22.7 Å². The van der Waals surface area contributed by atoms with Crippen molar-refractivity contribution in [2.75, 3.05) is 17.2 Å². The Bertz CT molecular complexity index is 1190. The summed E-state index contributed by atoms with van der Waals surface area (Å²) < 4.78 is 5.18. The fourth-order valence-electron chi connectivity index (χ4n) is 3.04. The molecule has 0 unspecified atom stereocenters. The van der Waals surface area contributed by atoms with Gasteiger partial charge in [0.25, 0.3) is 5.91 Å². The Morgan fingerprint density at radius 1 is 1.06 bits per heavy atom. The number of ether oxygens (including phenoxy) is 1. The van der Waals surface area contributed by atoms with Crippen LogP contribution >= 0.6 is 34.9 Å². The Kier molecular flexibility index (Phi) is 8.32. The highest BCUT2D eigenvalue weighted by atomic mass is 32.1. The van der Waals surface area contributed by atoms with E-state index in [1.54, 1.807) is 19.9 Å². The van der Waals surface area contributed by atoms with Gasteiger partial charge in [-0.3, -0.25) is 9.59 Å². The number of carbonyl (C=O) groups excluding carboxylic acids is 3. The minimum Gasteiger partial charge on any atom is -0.462 e. The summed E-state index contributed by atoms with van der Waals surface area (Å²) in [5.74, 6) is -1.20. The lowest BCUT2D eigenvalue weighted by atomic mass is 10.1. The smallest absolute Gasteiger partial charge is 0.341 e. The highest BCUT2D eigenvalue weighted by Crippen LogP contribution is 2.34. The molecule has 0 aliphatic rings. The van der Waals surface area contributed by atoms with Gasteiger partial charge in [-0.05, 0) is 61.6 Å². The molecule has 33 heavy (non-hydrogen) atoms. The van der Waals surface area contributed by atoms with Crippen LogP contribution in [0.25, 0.3) is 0 Å². The van der Waals surface area contributed by atoms with Crippen molar-refractivity contribution in [2.45, 2.75) is 27.2 Å². The maximum Gasteiger partial charge on any atom is 0.341 e. The molecule has 1 aromatic carbocycles. The van der Waals surface area contributed by atoms with Crippen molar-refractivity contribution in [3.8, 4) is 0 Å². The lowest BCUT2D eigenvalue weighted by molar-refractivity contribution is -0.118. The highest BCUT2D eigenvalue weighted by molar-refractivity contribution is 7.80. The number of nitrogens with one attached hydrogen (secondary N) is 3. The summed E-state index contributed by atoms with van der Waals surface area (Å²) >= 11 is 7.82. The van der Waals surface area contributed by atoms with E-state index in [0.717, 1.165) is 21.8 Å². The van der Waals surface area contributed by atoms with Gasteiger partial charge in [0, 0.05) is 10.6 Å². The molecule has 0 spiro atoms. The van der Waals surface area contributed by atoms with Crippen LogP contribution in [0, 0.1) is 13.8 Å². The number of hydrogen-bond donors (Lipinski definition) is 3. The third kappa shape index (κ3) is 6.25. The van der Waals surface area contributed by atoms with Gasteiger partial charge in [0.15, 0.2) is 5.11 Å². The second-order valence-electron chi connectivity index (χ2n) is 7.01. The molecule has 0 aliphatic carbocycles. The van der Waals surface area contributed by atoms with Crippen LogP contribution in [0.2, 0.25) is 0 Å². The Labute approximate surface area is 205 Å². The van der Waals surface area contributed by atoms with Crippen LogP contribution in [-0.4, -0.2) is 29.5 Å². The van der Waals surface area contributed by atoms with Crippen LogP contribution in [-0.2, 0) is 16.0 Å². The molecule has 0 saturated carbocycles. The fraction of sp³-hybridized carbons (Fsp3) is 0.217. The summed E-state index contributed by atoms with van der Waals surface area (Å²) in [6, 6.07) is 11.1. The summed E-state index contributed by atoms with van der Waals surface area (Å²) in [5.41, 5.74) is 2.28. The molecule has 172 valence electrons. The Hall–Kier alpha value is -3.08. The van der Waals surface area contributed by atoms with Crippen molar-refractivity contribution in [2.24, 2.45) is 0 Å². The summed E-state index contributed by atoms with van der Waals surface area (Å²) in [6.45, 7) is 5.46. The van der Waals surface area contributed by atoms with Crippen molar-refractivity contribution in [1.29, 1.82) is 0 Å². The molecule has 0 atom stereocenters. The highest BCUT2D eigenvalue weighted by Gasteiger charge is 2.26. The molecule has 0 fully saturated rings. The molecular weight excluding hydrogens is 478 g/mol. The van der Waals surface area contributed by atoms with Crippen molar-refractivity contribution in [3.05, 3.63) is 68.2 Å². The molecule has 7 nitrogen and oxygen atoms in total. The summed E-state index contributed by atoms with van der Waals surface area (Å²) in [7, 11) is 0. The number of para-hydroxylation sites is 1. The van der Waals surface area contributed by atoms with E-state index >= 15 is 0 Å². The van der Waals surface area contributed by atoms with Crippen molar-refractivity contribution < 1.29 is 19.1 Å². The molecule has 3 aromatic rings. The van der Waals surface area contributed by atoms with Crippen LogP contribution in [0.15, 0.2) is 41.8 Å². The topological polar surface area (TPSA) is 96.5 Å². The maximum absolute atomic E-state index is 13.0. The molecule has 3 rings (SSSR count). The molecule has 3 N–H and O–H groups in total. The van der Waals surface area contributed by atoms with Gasteiger partial charge in [0.05, 0.1) is 23.5 Å². The fourth-order valence-corrected chi connectivity index (χ4v) is 5.11. The zero-order valence-corrected chi connectivity index (χ0v) is 20.8. The van der Waals surface area contributed by atoms with E-state index < -0.39 is 5.97 Å². The van der Waals surface area contributed by atoms with Gasteiger partial charge >= 0.3 is 5.97 Å². The van der Waals surface area contributed by atoms with Crippen LogP contribution in [0.4, 0.5) is 10.7 Å². The Morgan fingerprint density at radius 3 is 2.48 bits per heavy atom. The second-order valence-corrected chi connectivity index (χ2v) is 9.47. The summed E-state index contributed by atoms with van der Waals surface area (Å²) in [6.07, 6.45) is 0.192. The molecule has 0 radical (unpaired) electrons. The van der Waals surface area contributed by atoms with Gasteiger partial charge in [0.1, 0.15) is 5.00 Å². The largest absolute Gasteiger partial charge is 0.462 e. The van der Waals surface area contributed by atoms with E-state index in [4.69, 9.17) is 17.0 Å². The average molecular weight is 502 g/mol. The van der Waals surface area contributed by atoms with E-state index in [-0.39, 0.29) is 35.5 Å². The van der Waals surface area contributed by atoms with Crippen molar-refractivity contribution >= 4 is 68.5 Å². The normalized spacial score (nSPS) is 10.4. The van der Waals surface area contributed by atoms with E-state index in [0.29, 0.717) is 21.1 Å². The molecular formula is C23H23N3O4S3.